The summed E-state index contributed by atoms with van der Waals surface area (Å²) in [6.07, 6.45) is 3.74. The molecule has 0 atom stereocenters. The summed E-state index contributed by atoms with van der Waals surface area (Å²) in [6.45, 7) is 1.94. The van der Waals surface area contributed by atoms with Gasteiger partial charge in [-0.3, -0.25) is 4.79 Å². The third-order valence-electron chi connectivity index (χ3n) is 3.76. The van der Waals surface area contributed by atoms with Crippen molar-refractivity contribution in [3.05, 3.63) is 52.8 Å². The Labute approximate surface area is 145 Å². The molecule has 24 heavy (non-hydrogen) atoms. The van der Waals surface area contributed by atoms with Crippen LogP contribution in [0.15, 0.2) is 46.4 Å². The van der Waals surface area contributed by atoms with E-state index in [2.05, 4.69) is 10.2 Å². The van der Waals surface area contributed by atoms with Crippen LogP contribution in [-0.4, -0.2) is 19.0 Å². The lowest BCUT2D eigenvalue weighted by molar-refractivity contribution is -0.112. The number of carbonyl (C=O) groups is 1. The highest BCUT2D eigenvalue weighted by atomic mass is 35.5. The molecular weight excluding hydrogens is 326 g/mol. The summed E-state index contributed by atoms with van der Waals surface area (Å²) in [6, 6.07) is 12.3. The summed E-state index contributed by atoms with van der Waals surface area (Å²) < 4.78 is 5.72. The molecule has 1 amide bonds. The molecule has 122 valence electrons. The molecule has 2 aromatic rings. The van der Waals surface area contributed by atoms with Crippen LogP contribution in [0.5, 0.6) is 0 Å². The summed E-state index contributed by atoms with van der Waals surface area (Å²) in [4.78, 5) is 14.4. The number of nitrogens with one attached hydrogen (secondary N) is 1. The molecule has 1 saturated heterocycles. The Hall–Kier alpha value is -2.71. The highest BCUT2D eigenvalue weighted by Gasteiger charge is 2.16. The van der Waals surface area contributed by atoms with E-state index < -0.39 is 5.91 Å². The monoisotopic (exact) mass is 341 g/mol. The maximum Gasteiger partial charge on any atom is 0.266 e. The number of amides is 1. The average molecular weight is 342 g/mol. The Bertz CT molecular complexity index is 814. The highest BCUT2D eigenvalue weighted by molar-refractivity contribution is 6.31. The molecule has 3 rings (SSSR count). The second kappa shape index (κ2) is 7.24. The number of halogens is 1. The lowest BCUT2D eigenvalue weighted by Gasteiger charge is -2.12. The van der Waals surface area contributed by atoms with E-state index in [1.807, 2.05) is 12.1 Å². The molecule has 0 bridgehead atoms. The zero-order valence-corrected chi connectivity index (χ0v) is 13.7. The largest absolute Gasteiger partial charge is 0.441 e. The number of nitrogens with zero attached hydrogens (tertiary/aromatic N) is 2. The van der Waals surface area contributed by atoms with E-state index in [0.29, 0.717) is 16.5 Å². The molecule has 1 aromatic heterocycles. The van der Waals surface area contributed by atoms with Crippen LogP contribution in [0.25, 0.3) is 6.08 Å². The lowest BCUT2D eigenvalue weighted by Crippen LogP contribution is -2.16. The summed E-state index contributed by atoms with van der Waals surface area (Å²) >= 11 is 5.89. The molecule has 1 N–H and O–H groups in total. The minimum absolute atomic E-state index is 0.0303. The van der Waals surface area contributed by atoms with E-state index in [1.165, 1.54) is 6.08 Å². The van der Waals surface area contributed by atoms with E-state index in [-0.39, 0.29) is 5.57 Å². The lowest BCUT2D eigenvalue weighted by atomic mass is 10.2. The van der Waals surface area contributed by atoms with Gasteiger partial charge < -0.3 is 14.6 Å². The SMILES string of the molecule is N#C/C(=C/c1ccc(N2CCCC2)o1)C(=O)Nc1cccc(Cl)c1. The third-order valence-corrected chi connectivity index (χ3v) is 4.00. The van der Waals surface area contributed by atoms with Gasteiger partial charge in [-0.15, -0.1) is 0 Å². The number of rotatable bonds is 4. The normalized spacial score (nSPS) is 14.5. The molecule has 0 radical (unpaired) electrons. The van der Waals surface area contributed by atoms with Crippen LogP contribution in [0.3, 0.4) is 0 Å². The van der Waals surface area contributed by atoms with Crippen LogP contribution in [0.4, 0.5) is 11.6 Å². The Morgan fingerprint density at radius 2 is 2.08 bits per heavy atom. The first-order chi connectivity index (χ1) is 11.7. The summed E-state index contributed by atoms with van der Waals surface area (Å²) in [5.74, 6) is 0.750. The molecule has 0 unspecified atom stereocenters. The number of hydrogen-bond donors (Lipinski definition) is 1. The van der Waals surface area contributed by atoms with Crippen LogP contribution < -0.4 is 10.2 Å². The molecular formula is C18H16ClN3O2. The zero-order chi connectivity index (χ0) is 16.9. The number of carbonyl (C=O) groups excluding carboxylic acids is 1. The summed E-state index contributed by atoms with van der Waals surface area (Å²) in [5, 5.41) is 12.4. The smallest absolute Gasteiger partial charge is 0.266 e. The highest BCUT2D eigenvalue weighted by Crippen LogP contribution is 2.24. The Kier molecular flexibility index (Phi) is 4.88. The molecule has 2 heterocycles. The third kappa shape index (κ3) is 3.79. The minimum atomic E-state index is -0.501. The molecule has 5 nitrogen and oxygen atoms in total. The van der Waals surface area contributed by atoms with E-state index in [1.54, 1.807) is 30.3 Å². The van der Waals surface area contributed by atoms with E-state index >= 15 is 0 Å². The van der Waals surface area contributed by atoms with Crippen LogP contribution in [0, 0.1) is 11.3 Å². The summed E-state index contributed by atoms with van der Waals surface area (Å²) in [5.41, 5.74) is 0.503. The van der Waals surface area contributed by atoms with Gasteiger partial charge in [0.15, 0.2) is 5.88 Å². The Morgan fingerprint density at radius 1 is 1.29 bits per heavy atom. The van der Waals surface area contributed by atoms with Crippen molar-refractivity contribution >= 4 is 35.2 Å². The van der Waals surface area contributed by atoms with Gasteiger partial charge in [0.05, 0.1) is 0 Å². The van der Waals surface area contributed by atoms with Gasteiger partial charge in [-0.05, 0) is 37.1 Å². The van der Waals surface area contributed by atoms with Crippen molar-refractivity contribution in [3.8, 4) is 6.07 Å². The number of furan rings is 1. The standard InChI is InChI=1S/C18H16ClN3O2/c19-14-4-3-5-15(11-14)21-18(23)13(12-20)10-16-6-7-17(24-16)22-8-1-2-9-22/h3-7,10-11H,1-2,8-9H2,(H,21,23)/b13-10-. The van der Waals surface area contributed by atoms with Gasteiger partial charge >= 0.3 is 0 Å². The second-order valence-corrected chi connectivity index (χ2v) is 5.94. The van der Waals surface area contributed by atoms with E-state index in [0.717, 1.165) is 31.8 Å². The van der Waals surface area contributed by atoms with Crippen molar-refractivity contribution < 1.29 is 9.21 Å². The van der Waals surface area contributed by atoms with Gasteiger partial charge in [-0.1, -0.05) is 17.7 Å². The van der Waals surface area contributed by atoms with Crippen molar-refractivity contribution in [2.75, 3.05) is 23.3 Å². The maximum absolute atomic E-state index is 12.2. The van der Waals surface area contributed by atoms with Crippen molar-refractivity contribution in [2.24, 2.45) is 0 Å². The van der Waals surface area contributed by atoms with E-state index in [9.17, 15) is 10.1 Å². The minimum Gasteiger partial charge on any atom is -0.441 e. The van der Waals surface area contributed by atoms with Gasteiger partial charge in [-0.25, -0.2) is 0 Å². The quantitative estimate of drug-likeness (QED) is 0.672. The van der Waals surface area contributed by atoms with Crippen molar-refractivity contribution in [1.82, 2.24) is 0 Å². The molecule has 6 heteroatoms. The molecule has 1 aromatic carbocycles. The van der Waals surface area contributed by atoms with Gasteiger partial charge in [0.25, 0.3) is 5.91 Å². The first-order valence-corrected chi connectivity index (χ1v) is 8.07. The molecule has 1 fully saturated rings. The first kappa shape index (κ1) is 16.2. The van der Waals surface area contributed by atoms with Crippen molar-refractivity contribution in [2.45, 2.75) is 12.8 Å². The van der Waals surface area contributed by atoms with Crippen LogP contribution in [-0.2, 0) is 4.79 Å². The first-order valence-electron chi connectivity index (χ1n) is 7.69. The van der Waals surface area contributed by atoms with Crippen molar-refractivity contribution in [1.29, 1.82) is 5.26 Å². The van der Waals surface area contributed by atoms with Crippen LogP contribution in [0.2, 0.25) is 5.02 Å². The van der Waals surface area contributed by atoms with Gasteiger partial charge in [0, 0.05) is 35.9 Å². The maximum atomic E-state index is 12.2. The predicted octanol–water partition coefficient (Wildman–Crippen LogP) is 4.08. The fraction of sp³-hybridized carbons (Fsp3) is 0.222. The average Bonchev–Trinajstić information content (AvgIpc) is 3.23. The predicted molar refractivity (Wildman–Crippen MR) is 93.8 cm³/mol. The van der Waals surface area contributed by atoms with Crippen molar-refractivity contribution in [3.63, 3.8) is 0 Å². The molecule has 0 spiro atoms. The topological polar surface area (TPSA) is 69.3 Å². The molecule has 0 saturated carbocycles. The fourth-order valence-corrected chi connectivity index (χ4v) is 2.77. The number of nitriles is 1. The van der Waals surface area contributed by atoms with Crippen LogP contribution >= 0.6 is 11.6 Å². The molecule has 1 aliphatic heterocycles. The van der Waals surface area contributed by atoms with E-state index in [4.69, 9.17) is 16.0 Å². The number of hydrogen-bond acceptors (Lipinski definition) is 4. The number of anilines is 2. The fourth-order valence-electron chi connectivity index (χ4n) is 2.58. The zero-order valence-electron chi connectivity index (χ0n) is 13.0. The van der Waals surface area contributed by atoms with Gasteiger partial charge in [0.1, 0.15) is 17.4 Å². The van der Waals surface area contributed by atoms with Gasteiger partial charge in [-0.2, -0.15) is 5.26 Å². The Balaban J connectivity index is 1.74. The second-order valence-electron chi connectivity index (χ2n) is 5.50. The number of benzene rings is 1. The van der Waals surface area contributed by atoms with Crippen LogP contribution in [0.1, 0.15) is 18.6 Å². The summed E-state index contributed by atoms with van der Waals surface area (Å²) in [7, 11) is 0. The molecule has 0 aliphatic carbocycles. The van der Waals surface area contributed by atoms with Gasteiger partial charge in [0.2, 0.25) is 0 Å². The molecule has 1 aliphatic rings. The Morgan fingerprint density at radius 3 is 2.79 bits per heavy atom.